The van der Waals surface area contributed by atoms with E-state index in [2.05, 4.69) is 0 Å². The second-order valence-electron chi connectivity index (χ2n) is 8.05. The molecule has 1 spiro atoms. The van der Waals surface area contributed by atoms with Gasteiger partial charge in [0.2, 0.25) is 11.8 Å². The molecule has 0 saturated carbocycles. The Labute approximate surface area is 167 Å². The Morgan fingerprint density at radius 1 is 1.28 bits per heavy atom. The van der Waals surface area contributed by atoms with Crippen LogP contribution in [-0.4, -0.2) is 46.9 Å². The average molecular weight is 396 g/mol. The van der Waals surface area contributed by atoms with Gasteiger partial charge in [0, 0.05) is 25.7 Å². The van der Waals surface area contributed by atoms with Gasteiger partial charge >= 0.3 is 0 Å². The van der Waals surface area contributed by atoms with Crippen LogP contribution >= 0.6 is 0 Å². The third kappa shape index (κ3) is 2.88. The van der Waals surface area contributed by atoms with Crippen LogP contribution in [0.4, 0.5) is 4.39 Å². The molecule has 2 fully saturated rings. The summed E-state index contributed by atoms with van der Waals surface area (Å²) in [5.41, 5.74) is 0.985. The Morgan fingerprint density at radius 2 is 2.07 bits per heavy atom. The van der Waals surface area contributed by atoms with Crippen LogP contribution in [0.5, 0.6) is 0 Å². The minimum Gasteiger partial charge on any atom is -0.472 e. The lowest BCUT2D eigenvalue weighted by Crippen LogP contribution is -2.44. The highest BCUT2D eigenvalue weighted by Crippen LogP contribution is 2.52. The highest BCUT2D eigenvalue weighted by molar-refractivity contribution is 5.93. The number of hydrogen-bond acceptors (Lipinski definition) is 4. The molecule has 0 aliphatic carbocycles. The van der Waals surface area contributed by atoms with Crippen LogP contribution in [0.1, 0.15) is 11.1 Å². The molecule has 1 aromatic heterocycles. The number of ether oxygens (including phenoxy) is 1. The van der Waals surface area contributed by atoms with Gasteiger partial charge in [0.25, 0.3) is 0 Å². The molecule has 2 aromatic rings. The van der Waals surface area contributed by atoms with Crippen molar-refractivity contribution in [1.29, 1.82) is 0 Å². The average Bonchev–Trinajstić information content (AvgIpc) is 3.46. The third-order valence-corrected chi connectivity index (χ3v) is 6.13. The molecule has 2 saturated heterocycles. The molecular weight excluding hydrogens is 375 g/mol. The maximum atomic E-state index is 13.2. The number of halogens is 1. The topological polar surface area (TPSA) is 63.0 Å². The summed E-state index contributed by atoms with van der Waals surface area (Å²) in [6.07, 6.45) is 6.63. The first-order valence-electron chi connectivity index (χ1n) is 9.63. The van der Waals surface area contributed by atoms with Crippen LogP contribution in [0.3, 0.4) is 0 Å². The van der Waals surface area contributed by atoms with Crippen molar-refractivity contribution in [2.75, 3.05) is 13.6 Å². The summed E-state index contributed by atoms with van der Waals surface area (Å²) in [4.78, 5) is 29.8. The summed E-state index contributed by atoms with van der Waals surface area (Å²) in [5, 5.41) is 0. The summed E-state index contributed by atoms with van der Waals surface area (Å²) in [6, 6.07) is 7.92. The van der Waals surface area contributed by atoms with Crippen LogP contribution in [0.15, 0.2) is 59.4 Å². The smallest absolute Gasteiger partial charge is 0.230 e. The Kier molecular flexibility index (Phi) is 4.10. The lowest BCUT2D eigenvalue weighted by molar-refractivity contribution is -0.142. The summed E-state index contributed by atoms with van der Waals surface area (Å²) in [6.45, 7) is 1.18. The molecule has 0 N–H and O–H groups in total. The Morgan fingerprint density at radius 3 is 2.79 bits per heavy atom. The molecule has 5 rings (SSSR count). The van der Waals surface area contributed by atoms with Crippen molar-refractivity contribution in [2.24, 2.45) is 11.8 Å². The van der Waals surface area contributed by atoms with Gasteiger partial charge in [-0.3, -0.25) is 9.59 Å². The van der Waals surface area contributed by atoms with Crippen molar-refractivity contribution in [2.45, 2.75) is 24.8 Å². The van der Waals surface area contributed by atoms with Gasteiger partial charge in [-0.25, -0.2) is 4.39 Å². The number of carbonyl (C=O) groups is 2. The maximum absolute atomic E-state index is 13.2. The fraction of sp³-hybridized carbons (Fsp3) is 0.364. The van der Waals surface area contributed by atoms with Crippen molar-refractivity contribution in [1.82, 2.24) is 9.80 Å². The lowest BCUT2D eigenvalue weighted by atomic mass is 9.76. The monoisotopic (exact) mass is 396 g/mol. The van der Waals surface area contributed by atoms with Gasteiger partial charge in [-0.05, 0) is 23.8 Å². The molecule has 29 heavy (non-hydrogen) atoms. The molecule has 2 amide bonds. The van der Waals surface area contributed by atoms with Gasteiger partial charge in [-0.2, -0.15) is 0 Å². The van der Waals surface area contributed by atoms with Crippen molar-refractivity contribution in [3.63, 3.8) is 0 Å². The van der Waals surface area contributed by atoms with Crippen LogP contribution in [-0.2, 0) is 27.4 Å². The van der Waals surface area contributed by atoms with E-state index in [1.54, 1.807) is 41.5 Å². The molecule has 3 aliphatic rings. The quantitative estimate of drug-likeness (QED) is 0.728. The lowest BCUT2D eigenvalue weighted by Gasteiger charge is -2.27. The molecule has 150 valence electrons. The van der Waals surface area contributed by atoms with E-state index in [-0.39, 0.29) is 23.7 Å². The number of furan rings is 1. The van der Waals surface area contributed by atoms with Crippen molar-refractivity contribution in [3.05, 3.63) is 72.0 Å². The second kappa shape index (κ2) is 6.56. The van der Waals surface area contributed by atoms with E-state index < -0.39 is 17.4 Å². The largest absolute Gasteiger partial charge is 0.472 e. The van der Waals surface area contributed by atoms with Gasteiger partial charge in [-0.15, -0.1) is 0 Å². The zero-order valence-electron chi connectivity index (χ0n) is 16.0. The van der Waals surface area contributed by atoms with E-state index in [0.29, 0.717) is 19.6 Å². The summed E-state index contributed by atoms with van der Waals surface area (Å²) in [7, 11) is 1.73. The van der Waals surface area contributed by atoms with E-state index in [1.165, 1.54) is 12.1 Å². The van der Waals surface area contributed by atoms with E-state index in [1.807, 2.05) is 18.2 Å². The van der Waals surface area contributed by atoms with Crippen LogP contribution in [0.2, 0.25) is 0 Å². The Hall–Kier alpha value is -2.93. The van der Waals surface area contributed by atoms with Crippen molar-refractivity contribution >= 4 is 11.8 Å². The first-order chi connectivity index (χ1) is 14.0. The molecule has 3 aliphatic heterocycles. The standard InChI is InChI=1S/C22H21FN2O4/c1-24(10-15-7-9-28-12-15)20(26)18-17-6-8-22(29-17)13-25(21(27)19(18)22)11-14-2-4-16(23)5-3-14/h2-9,12,17-19H,10-11,13H2,1H3/t17-,18-,19+,22-/m0/s1. The predicted octanol–water partition coefficient (Wildman–Crippen LogP) is 2.36. The van der Waals surface area contributed by atoms with E-state index >= 15 is 0 Å². The van der Waals surface area contributed by atoms with Gasteiger partial charge in [0.05, 0.1) is 37.0 Å². The van der Waals surface area contributed by atoms with Crippen molar-refractivity contribution in [3.8, 4) is 0 Å². The van der Waals surface area contributed by atoms with Gasteiger partial charge in [0.1, 0.15) is 11.4 Å². The third-order valence-electron chi connectivity index (χ3n) is 6.13. The number of likely N-dealkylation sites (tertiary alicyclic amines) is 1. The van der Waals surface area contributed by atoms with Crippen LogP contribution < -0.4 is 0 Å². The number of hydrogen-bond donors (Lipinski definition) is 0. The number of amides is 2. The fourth-order valence-electron chi connectivity index (χ4n) is 4.79. The first kappa shape index (κ1) is 18.1. The number of carbonyl (C=O) groups excluding carboxylic acids is 2. The van der Waals surface area contributed by atoms with E-state index in [0.717, 1.165) is 11.1 Å². The Bertz CT molecular complexity index is 971. The highest BCUT2D eigenvalue weighted by Gasteiger charge is 2.67. The molecule has 4 atom stereocenters. The number of benzene rings is 1. The molecule has 1 aromatic carbocycles. The zero-order chi connectivity index (χ0) is 20.2. The summed E-state index contributed by atoms with van der Waals surface area (Å²) < 4.78 is 24.4. The zero-order valence-corrected chi connectivity index (χ0v) is 16.0. The first-order valence-corrected chi connectivity index (χ1v) is 9.63. The fourth-order valence-corrected chi connectivity index (χ4v) is 4.79. The number of fused-ring (bicyclic) bond motifs is 1. The van der Waals surface area contributed by atoms with E-state index in [4.69, 9.17) is 9.15 Å². The summed E-state index contributed by atoms with van der Waals surface area (Å²) >= 11 is 0. The van der Waals surface area contributed by atoms with Crippen LogP contribution in [0.25, 0.3) is 0 Å². The molecule has 6 nitrogen and oxygen atoms in total. The van der Waals surface area contributed by atoms with Gasteiger partial charge in [0.15, 0.2) is 0 Å². The molecular formula is C22H21FN2O4. The van der Waals surface area contributed by atoms with Gasteiger partial charge in [-0.1, -0.05) is 24.3 Å². The summed E-state index contributed by atoms with van der Waals surface area (Å²) in [5.74, 6) is -1.58. The molecule has 4 heterocycles. The predicted molar refractivity (Wildman–Crippen MR) is 101 cm³/mol. The Balaban J connectivity index is 1.36. The minimum atomic E-state index is -0.751. The molecule has 0 unspecified atom stereocenters. The normalized spacial score (nSPS) is 29.5. The highest BCUT2D eigenvalue weighted by atomic mass is 19.1. The SMILES string of the molecule is CN(Cc1ccoc1)C(=O)[C@H]1[C@@H]2C=C[C@@]3(CN(Cc4ccc(F)cc4)C(=O)[C@@H]13)O2. The minimum absolute atomic E-state index is 0.0868. The molecule has 7 heteroatoms. The molecule has 2 bridgehead atoms. The van der Waals surface area contributed by atoms with Crippen molar-refractivity contribution < 1.29 is 23.1 Å². The number of rotatable bonds is 5. The van der Waals surface area contributed by atoms with Gasteiger partial charge < -0.3 is 19.0 Å². The van der Waals surface area contributed by atoms with E-state index in [9.17, 15) is 14.0 Å². The maximum Gasteiger partial charge on any atom is 0.230 e. The second-order valence-corrected chi connectivity index (χ2v) is 8.05. The van der Waals surface area contributed by atoms with Crippen LogP contribution in [0, 0.1) is 17.7 Å². The molecule has 0 radical (unpaired) electrons. The number of nitrogens with zero attached hydrogens (tertiary/aromatic N) is 2.